The topological polar surface area (TPSA) is 69.7 Å². The molecule has 1 aromatic rings. The average Bonchev–Trinajstić information content (AvgIpc) is 3.31. The van der Waals surface area contributed by atoms with E-state index in [-0.39, 0.29) is 36.1 Å². The molecule has 6 heteroatoms. The summed E-state index contributed by atoms with van der Waals surface area (Å²) in [5.41, 5.74) is 2.89. The molecule has 0 bridgehead atoms. The second-order valence-corrected chi connectivity index (χ2v) is 8.21. The first-order valence-corrected chi connectivity index (χ1v) is 10.6. The normalized spacial score (nSPS) is 22.5. The van der Waals surface area contributed by atoms with Gasteiger partial charge in [-0.2, -0.15) is 0 Å². The fourth-order valence-electron chi connectivity index (χ4n) is 4.70. The van der Waals surface area contributed by atoms with Crippen molar-refractivity contribution >= 4 is 29.1 Å². The van der Waals surface area contributed by atoms with Gasteiger partial charge in [-0.25, -0.2) is 0 Å². The van der Waals surface area contributed by atoms with Gasteiger partial charge in [-0.1, -0.05) is 26.2 Å². The van der Waals surface area contributed by atoms with E-state index in [2.05, 4.69) is 5.32 Å². The second kappa shape index (κ2) is 7.94. The van der Waals surface area contributed by atoms with E-state index in [4.69, 9.17) is 0 Å². The van der Waals surface area contributed by atoms with Gasteiger partial charge in [-0.15, -0.1) is 0 Å². The molecule has 1 N–H and O–H groups in total. The van der Waals surface area contributed by atoms with E-state index in [1.165, 1.54) is 19.3 Å². The van der Waals surface area contributed by atoms with Gasteiger partial charge in [0.15, 0.2) is 0 Å². The predicted octanol–water partition coefficient (Wildman–Crippen LogP) is 2.79. The number of hydrogen-bond donors (Lipinski definition) is 1. The Labute approximate surface area is 166 Å². The third kappa shape index (κ3) is 3.64. The van der Waals surface area contributed by atoms with Gasteiger partial charge in [0.05, 0.1) is 5.92 Å². The highest BCUT2D eigenvalue weighted by Crippen LogP contribution is 2.34. The Morgan fingerprint density at radius 3 is 2.71 bits per heavy atom. The van der Waals surface area contributed by atoms with Crippen LogP contribution in [0.25, 0.3) is 0 Å². The van der Waals surface area contributed by atoms with Gasteiger partial charge in [0.25, 0.3) is 0 Å². The summed E-state index contributed by atoms with van der Waals surface area (Å²) in [7, 11) is 0. The van der Waals surface area contributed by atoms with Crippen LogP contribution in [0, 0.1) is 5.92 Å². The van der Waals surface area contributed by atoms with Crippen molar-refractivity contribution < 1.29 is 14.4 Å². The van der Waals surface area contributed by atoms with Crippen LogP contribution in [0.4, 0.5) is 11.4 Å². The van der Waals surface area contributed by atoms with Crippen molar-refractivity contribution in [3.05, 3.63) is 23.8 Å². The Kier molecular flexibility index (Phi) is 5.38. The van der Waals surface area contributed by atoms with Crippen LogP contribution in [0.3, 0.4) is 0 Å². The zero-order valence-corrected chi connectivity index (χ0v) is 16.6. The first kappa shape index (κ1) is 19.0. The molecule has 0 spiro atoms. The molecule has 1 aliphatic carbocycles. The second-order valence-electron chi connectivity index (χ2n) is 8.21. The number of benzene rings is 1. The summed E-state index contributed by atoms with van der Waals surface area (Å²) in [5, 5.41) is 3.16. The lowest BCUT2D eigenvalue weighted by atomic mass is 9.95. The molecular weight excluding hydrogens is 354 g/mol. The fraction of sp³-hybridized carbons (Fsp3) is 0.591. The van der Waals surface area contributed by atoms with Crippen molar-refractivity contribution in [2.75, 3.05) is 22.9 Å². The predicted molar refractivity (Wildman–Crippen MR) is 108 cm³/mol. The summed E-state index contributed by atoms with van der Waals surface area (Å²) in [5.74, 6) is -0.129. The first-order valence-electron chi connectivity index (χ1n) is 10.6. The Balaban J connectivity index is 1.43. The van der Waals surface area contributed by atoms with Crippen LogP contribution in [0.15, 0.2) is 18.2 Å². The highest BCUT2D eigenvalue weighted by Gasteiger charge is 2.36. The van der Waals surface area contributed by atoms with Crippen LogP contribution < -0.4 is 15.1 Å². The van der Waals surface area contributed by atoms with Crippen LogP contribution in [0.2, 0.25) is 0 Å². The summed E-state index contributed by atoms with van der Waals surface area (Å²) in [6.07, 6.45) is 7.27. The maximum Gasteiger partial charge on any atom is 0.227 e. The van der Waals surface area contributed by atoms with Crippen molar-refractivity contribution in [3.8, 4) is 0 Å². The molecule has 2 fully saturated rings. The largest absolute Gasteiger partial charge is 0.353 e. The van der Waals surface area contributed by atoms with E-state index >= 15 is 0 Å². The van der Waals surface area contributed by atoms with Crippen molar-refractivity contribution in [2.24, 2.45) is 5.92 Å². The highest BCUT2D eigenvalue weighted by molar-refractivity contribution is 6.01. The maximum absolute atomic E-state index is 12.6. The number of fused-ring (bicyclic) bond motifs is 1. The molecule has 28 heavy (non-hydrogen) atoms. The highest BCUT2D eigenvalue weighted by atomic mass is 16.2. The minimum Gasteiger partial charge on any atom is -0.353 e. The summed E-state index contributed by atoms with van der Waals surface area (Å²) < 4.78 is 0. The maximum atomic E-state index is 12.6. The lowest BCUT2D eigenvalue weighted by Crippen LogP contribution is -2.40. The van der Waals surface area contributed by atoms with Gasteiger partial charge < -0.3 is 15.1 Å². The molecule has 1 saturated heterocycles. The number of rotatable bonds is 4. The third-order valence-electron chi connectivity index (χ3n) is 6.32. The summed E-state index contributed by atoms with van der Waals surface area (Å²) in [6.45, 7) is 3.01. The van der Waals surface area contributed by atoms with Gasteiger partial charge in [0, 0.05) is 43.3 Å². The van der Waals surface area contributed by atoms with Crippen LogP contribution in [-0.2, 0) is 20.8 Å². The number of hydrogen-bond acceptors (Lipinski definition) is 3. The molecule has 150 valence electrons. The molecule has 2 heterocycles. The number of anilines is 2. The van der Waals surface area contributed by atoms with E-state index in [1.807, 2.05) is 30.0 Å². The van der Waals surface area contributed by atoms with E-state index in [0.29, 0.717) is 19.5 Å². The van der Waals surface area contributed by atoms with Crippen LogP contribution in [0.5, 0.6) is 0 Å². The van der Waals surface area contributed by atoms with Crippen LogP contribution in [-0.4, -0.2) is 36.9 Å². The Morgan fingerprint density at radius 2 is 1.96 bits per heavy atom. The van der Waals surface area contributed by atoms with Crippen molar-refractivity contribution in [1.29, 1.82) is 0 Å². The molecular formula is C22H29N3O3. The minimum absolute atomic E-state index is 0.00299. The zero-order chi connectivity index (χ0) is 19.7. The van der Waals surface area contributed by atoms with E-state index < -0.39 is 0 Å². The first-order chi connectivity index (χ1) is 13.6. The molecule has 0 radical (unpaired) electrons. The number of carbonyl (C=O) groups is 3. The molecule has 1 aromatic carbocycles. The molecule has 0 aromatic heterocycles. The minimum atomic E-state index is -0.277. The Hall–Kier alpha value is -2.37. The molecule has 3 amide bonds. The molecule has 1 saturated carbocycles. The van der Waals surface area contributed by atoms with Crippen molar-refractivity contribution in [2.45, 2.75) is 64.3 Å². The molecule has 4 rings (SSSR count). The van der Waals surface area contributed by atoms with Crippen molar-refractivity contribution in [1.82, 2.24) is 5.32 Å². The van der Waals surface area contributed by atoms with Crippen molar-refractivity contribution in [3.63, 3.8) is 0 Å². The quantitative estimate of drug-likeness (QED) is 0.869. The van der Waals surface area contributed by atoms with Crippen LogP contribution in [0.1, 0.15) is 57.4 Å². The van der Waals surface area contributed by atoms with E-state index in [9.17, 15) is 14.4 Å². The standard InChI is InChI=1S/C22H29N3O3/c1-2-20(26)24-11-10-15-12-18(8-9-19(15)24)25-14-16(13-21(25)27)22(28)23-17-6-4-3-5-7-17/h8-9,12,16-17H,2-7,10-11,13-14H2,1H3,(H,23,28)/t16-/m1/s1. The van der Waals surface area contributed by atoms with Crippen LogP contribution >= 0.6 is 0 Å². The van der Waals surface area contributed by atoms with Gasteiger partial charge in [0.2, 0.25) is 17.7 Å². The third-order valence-corrected chi connectivity index (χ3v) is 6.32. The summed E-state index contributed by atoms with van der Waals surface area (Å²) in [6, 6.07) is 6.12. The lowest BCUT2D eigenvalue weighted by Gasteiger charge is -2.24. The summed E-state index contributed by atoms with van der Waals surface area (Å²) >= 11 is 0. The number of carbonyl (C=O) groups excluding carboxylic acids is 3. The van der Waals surface area contributed by atoms with Gasteiger partial charge in [-0.05, 0) is 43.0 Å². The molecule has 6 nitrogen and oxygen atoms in total. The SMILES string of the molecule is CCC(=O)N1CCc2cc(N3C[C@H](C(=O)NC4CCCCC4)CC3=O)ccc21. The monoisotopic (exact) mass is 383 g/mol. The Morgan fingerprint density at radius 1 is 1.18 bits per heavy atom. The molecule has 0 unspecified atom stereocenters. The lowest BCUT2D eigenvalue weighted by molar-refractivity contribution is -0.127. The number of nitrogens with one attached hydrogen (secondary N) is 1. The zero-order valence-electron chi connectivity index (χ0n) is 16.6. The Bertz CT molecular complexity index is 785. The molecule has 2 aliphatic heterocycles. The number of nitrogens with zero attached hydrogens (tertiary/aromatic N) is 2. The molecule has 1 atom stereocenters. The van der Waals surface area contributed by atoms with Gasteiger partial charge in [0.1, 0.15) is 0 Å². The summed E-state index contributed by atoms with van der Waals surface area (Å²) in [4.78, 5) is 40.8. The van der Waals surface area contributed by atoms with E-state index in [0.717, 1.165) is 36.2 Å². The molecule has 3 aliphatic rings. The van der Waals surface area contributed by atoms with Gasteiger partial charge in [-0.3, -0.25) is 14.4 Å². The smallest absolute Gasteiger partial charge is 0.227 e. The fourth-order valence-corrected chi connectivity index (χ4v) is 4.70. The average molecular weight is 383 g/mol. The van der Waals surface area contributed by atoms with Gasteiger partial charge >= 0.3 is 0 Å². The van der Waals surface area contributed by atoms with E-state index in [1.54, 1.807) is 4.90 Å². The number of amides is 3.